The summed E-state index contributed by atoms with van der Waals surface area (Å²) in [5.74, 6) is 0.512. The molecule has 3 aromatic heterocycles. The van der Waals surface area contributed by atoms with Gasteiger partial charge in [0.05, 0.1) is 17.6 Å². The van der Waals surface area contributed by atoms with Crippen molar-refractivity contribution in [1.82, 2.24) is 19.9 Å². The lowest BCUT2D eigenvalue weighted by molar-refractivity contribution is 0.203. The monoisotopic (exact) mass is 390 g/mol. The number of nitrogens with zero attached hydrogens (tertiary/aromatic N) is 5. The fraction of sp³-hybridized carbons (Fsp3) is 0.333. The first-order chi connectivity index (χ1) is 13.7. The number of piperidine rings is 1. The molecule has 0 aromatic carbocycles. The minimum atomic E-state index is 0.415. The van der Waals surface area contributed by atoms with Crippen molar-refractivity contribution in [1.29, 1.82) is 5.26 Å². The van der Waals surface area contributed by atoms with E-state index in [1.807, 2.05) is 24.5 Å². The Morgan fingerprint density at radius 1 is 1.25 bits per heavy atom. The number of aryl methyl sites for hydroxylation is 1. The van der Waals surface area contributed by atoms with E-state index >= 15 is 0 Å². The van der Waals surface area contributed by atoms with Gasteiger partial charge in [-0.1, -0.05) is 6.07 Å². The van der Waals surface area contributed by atoms with Crippen molar-refractivity contribution < 1.29 is 0 Å². The van der Waals surface area contributed by atoms with Gasteiger partial charge in [-0.15, -0.1) is 11.3 Å². The SMILES string of the molecule is Cc1cncc(CN2CCC(c3csc(Nc4ccc(C#N)nc4)n3)CC2)c1. The predicted molar refractivity (Wildman–Crippen MR) is 111 cm³/mol. The summed E-state index contributed by atoms with van der Waals surface area (Å²) in [5, 5.41) is 15.1. The van der Waals surface area contributed by atoms with Crippen LogP contribution in [0.15, 0.2) is 42.2 Å². The number of aromatic nitrogens is 3. The smallest absolute Gasteiger partial charge is 0.187 e. The fourth-order valence-corrected chi connectivity index (χ4v) is 4.35. The van der Waals surface area contributed by atoms with Crippen molar-refractivity contribution in [3.05, 3.63) is 64.7 Å². The molecule has 4 heterocycles. The molecule has 1 fully saturated rings. The van der Waals surface area contributed by atoms with Gasteiger partial charge in [-0.2, -0.15) is 5.26 Å². The van der Waals surface area contributed by atoms with Crippen molar-refractivity contribution in [2.24, 2.45) is 0 Å². The quantitative estimate of drug-likeness (QED) is 0.702. The van der Waals surface area contributed by atoms with Crippen molar-refractivity contribution >= 4 is 22.2 Å². The minimum Gasteiger partial charge on any atom is -0.330 e. The van der Waals surface area contributed by atoms with Crippen LogP contribution in [0.4, 0.5) is 10.8 Å². The van der Waals surface area contributed by atoms with Crippen LogP contribution in [0.1, 0.15) is 41.3 Å². The Morgan fingerprint density at radius 3 is 2.82 bits per heavy atom. The van der Waals surface area contributed by atoms with Gasteiger partial charge in [0.1, 0.15) is 11.8 Å². The standard InChI is InChI=1S/C21H22N6S/c1-15-8-16(11-23-10-15)13-27-6-4-17(5-7-27)20-14-28-21(26-20)25-19-3-2-18(9-22)24-12-19/h2-3,8,10-12,14,17H,4-7,13H2,1H3,(H,25,26). The van der Waals surface area contributed by atoms with E-state index in [1.165, 1.54) is 16.8 Å². The average molecular weight is 391 g/mol. The van der Waals surface area contributed by atoms with Crippen LogP contribution in [0.25, 0.3) is 0 Å². The summed E-state index contributed by atoms with van der Waals surface area (Å²) >= 11 is 1.62. The maximum Gasteiger partial charge on any atom is 0.187 e. The van der Waals surface area contributed by atoms with Crippen LogP contribution < -0.4 is 5.32 Å². The van der Waals surface area contributed by atoms with Crippen molar-refractivity contribution in [3.8, 4) is 6.07 Å². The number of thiazole rings is 1. The Balaban J connectivity index is 1.32. The summed E-state index contributed by atoms with van der Waals surface area (Å²) in [7, 11) is 0. The van der Waals surface area contributed by atoms with Crippen molar-refractivity contribution in [2.45, 2.75) is 32.2 Å². The minimum absolute atomic E-state index is 0.415. The normalized spacial score (nSPS) is 15.3. The van der Waals surface area contributed by atoms with E-state index in [9.17, 15) is 0 Å². The molecule has 1 aliphatic heterocycles. The Bertz CT molecular complexity index is 967. The molecule has 4 rings (SSSR count). The van der Waals surface area contributed by atoms with E-state index in [4.69, 9.17) is 10.2 Å². The van der Waals surface area contributed by atoms with Crippen LogP contribution in [-0.2, 0) is 6.54 Å². The highest BCUT2D eigenvalue weighted by molar-refractivity contribution is 7.13. The lowest BCUT2D eigenvalue weighted by Gasteiger charge is -2.31. The third kappa shape index (κ3) is 4.53. The van der Waals surface area contributed by atoms with Gasteiger partial charge in [-0.3, -0.25) is 9.88 Å². The topological polar surface area (TPSA) is 77.7 Å². The summed E-state index contributed by atoms with van der Waals surface area (Å²) in [4.78, 5) is 15.7. The molecule has 142 valence electrons. The molecule has 0 atom stereocenters. The molecule has 1 N–H and O–H groups in total. The first-order valence-corrected chi connectivity index (χ1v) is 10.3. The zero-order chi connectivity index (χ0) is 19.3. The zero-order valence-corrected chi connectivity index (χ0v) is 16.6. The molecule has 0 unspecified atom stereocenters. The van der Waals surface area contributed by atoms with Crippen LogP contribution in [0.5, 0.6) is 0 Å². The fourth-order valence-electron chi connectivity index (χ4n) is 3.54. The molecule has 7 heteroatoms. The van der Waals surface area contributed by atoms with Crippen LogP contribution in [0.2, 0.25) is 0 Å². The molecule has 0 bridgehead atoms. The second-order valence-electron chi connectivity index (χ2n) is 7.17. The Labute approximate surface area is 168 Å². The highest BCUT2D eigenvalue weighted by Crippen LogP contribution is 2.31. The highest BCUT2D eigenvalue weighted by atomic mass is 32.1. The van der Waals surface area contributed by atoms with Crippen LogP contribution in [-0.4, -0.2) is 32.9 Å². The highest BCUT2D eigenvalue weighted by Gasteiger charge is 2.22. The van der Waals surface area contributed by atoms with Gasteiger partial charge < -0.3 is 5.32 Å². The molecule has 1 saturated heterocycles. The summed E-state index contributed by atoms with van der Waals surface area (Å²) in [5.41, 5.74) is 4.94. The van der Waals surface area contributed by atoms with E-state index in [2.05, 4.69) is 38.6 Å². The number of rotatable bonds is 5. The van der Waals surface area contributed by atoms with E-state index in [1.54, 1.807) is 23.6 Å². The molecule has 0 amide bonds. The molecule has 0 spiro atoms. The number of hydrogen-bond donors (Lipinski definition) is 1. The molecular formula is C21H22N6S. The molecule has 1 aliphatic rings. The molecule has 0 saturated carbocycles. The van der Waals surface area contributed by atoms with Crippen molar-refractivity contribution in [2.75, 3.05) is 18.4 Å². The van der Waals surface area contributed by atoms with Crippen LogP contribution in [0.3, 0.4) is 0 Å². The maximum atomic E-state index is 8.83. The van der Waals surface area contributed by atoms with E-state index in [-0.39, 0.29) is 0 Å². The molecule has 6 nitrogen and oxygen atoms in total. The van der Waals surface area contributed by atoms with E-state index in [0.29, 0.717) is 11.6 Å². The molecule has 28 heavy (non-hydrogen) atoms. The first-order valence-electron chi connectivity index (χ1n) is 9.41. The third-order valence-electron chi connectivity index (χ3n) is 4.99. The Kier molecular flexibility index (Phi) is 5.60. The van der Waals surface area contributed by atoms with Gasteiger partial charge in [-0.05, 0) is 56.1 Å². The predicted octanol–water partition coefficient (Wildman–Crippen LogP) is 4.24. The van der Waals surface area contributed by atoms with E-state index < -0.39 is 0 Å². The number of likely N-dealkylation sites (tertiary alicyclic amines) is 1. The number of nitrogens with one attached hydrogen (secondary N) is 1. The lowest BCUT2D eigenvalue weighted by Crippen LogP contribution is -2.32. The number of anilines is 2. The summed E-state index contributed by atoms with van der Waals surface area (Å²) in [6.07, 6.45) is 7.78. The molecule has 3 aromatic rings. The van der Waals surface area contributed by atoms with E-state index in [0.717, 1.165) is 43.3 Å². The zero-order valence-electron chi connectivity index (χ0n) is 15.8. The van der Waals surface area contributed by atoms with Gasteiger partial charge in [0, 0.05) is 30.2 Å². The number of hydrogen-bond acceptors (Lipinski definition) is 7. The third-order valence-corrected chi connectivity index (χ3v) is 5.77. The summed E-state index contributed by atoms with van der Waals surface area (Å²) in [6.45, 7) is 5.22. The van der Waals surface area contributed by atoms with Gasteiger partial charge in [0.15, 0.2) is 5.13 Å². The second-order valence-corrected chi connectivity index (χ2v) is 8.03. The number of pyridine rings is 2. The maximum absolute atomic E-state index is 8.83. The van der Waals surface area contributed by atoms with Crippen molar-refractivity contribution in [3.63, 3.8) is 0 Å². The lowest BCUT2D eigenvalue weighted by atomic mass is 9.94. The van der Waals surface area contributed by atoms with Gasteiger partial charge in [0.2, 0.25) is 0 Å². The Morgan fingerprint density at radius 2 is 2.11 bits per heavy atom. The molecule has 0 radical (unpaired) electrons. The molecule has 0 aliphatic carbocycles. The molecular weight excluding hydrogens is 368 g/mol. The number of nitriles is 1. The first kappa shape index (κ1) is 18.5. The summed E-state index contributed by atoms with van der Waals surface area (Å²) in [6, 6.07) is 7.80. The van der Waals surface area contributed by atoms with Gasteiger partial charge in [0.25, 0.3) is 0 Å². The van der Waals surface area contributed by atoms with Crippen LogP contribution >= 0.6 is 11.3 Å². The second kappa shape index (κ2) is 8.46. The van der Waals surface area contributed by atoms with Crippen LogP contribution in [0, 0.1) is 18.3 Å². The van der Waals surface area contributed by atoms with Gasteiger partial charge >= 0.3 is 0 Å². The summed E-state index contributed by atoms with van der Waals surface area (Å²) < 4.78 is 0. The largest absolute Gasteiger partial charge is 0.330 e. The van der Waals surface area contributed by atoms with Gasteiger partial charge in [-0.25, -0.2) is 9.97 Å². The Hall–Kier alpha value is -2.82. The average Bonchev–Trinajstić information content (AvgIpc) is 3.18.